The molecule has 4 rings (SSSR count). The average molecular weight is 419 g/mol. The third-order valence-corrected chi connectivity index (χ3v) is 4.70. The maximum Gasteiger partial charge on any atom is 0.419 e. The standard InChI is InChI=1S/C22H21N5O4/c28-20(9-12-27-18-7-1-2-8-19(18)31-22(27)30)23-14-16-5-3-6-17(13-16)25-21(29)15-26-11-4-10-24-26/h1-8,10-11,13H,9,12,14-15H2,(H,23,28)(H,25,29). The van der Waals surface area contributed by atoms with Gasteiger partial charge in [0.1, 0.15) is 6.54 Å². The predicted molar refractivity (Wildman–Crippen MR) is 114 cm³/mol. The van der Waals surface area contributed by atoms with E-state index in [1.165, 1.54) is 9.25 Å². The molecule has 9 nitrogen and oxygen atoms in total. The first-order valence-electron chi connectivity index (χ1n) is 9.80. The second-order valence-electron chi connectivity index (χ2n) is 6.97. The third-order valence-electron chi connectivity index (χ3n) is 4.70. The molecule has 2 heterocycles. The number of anilines is 1. The molecule has 9 heteroatoms. The first kappa shape index (κ1) is 20.1. The van der Waals surface area contributed by atoms with Crippen LogP contribution in [-0.4, -0.2) is 26.2 Å². The summed E-state index contributed by atoms with van der Waals surface area (Å²) in [6, 6.07) is 16.1. The Morgan fingerprint density at radius 1 is 1.03 bits per heavy atom. The normalized spacial score (nSPS) is 10.8. The van der Waals surface area contributed by atoms with Crippen molar-refractivity contribution in [1.29, 1.82) is 0 Å². The van der Waals surface area contributed by atoms with Crippen molar-refractivity contribution in [2.45, 2.75) is 26.1 Å². The highest BCUT2D eigenvalue weighted by Gasteiger charge is 2.10. The van der Waals surface area contributed by atoms with Gasteiger partial charge in [0.2, 0.25) is 11.8 Å². The number of aryl methyl sites for hydroxylation is 1. The second-order valence-corrected chi connectivity index (χ2v) is 6.97. The minimum atomic E-state index is -0.479. The molecule has 2 aromatic heterocycles. The Morgan fingerprint density at radius 2 is 1.90 bits per heavy atom. The number of hydrogen-bond donors (Lipinski definition) is 2. The number of hydrogen-bond acceptors (Lipinski definition) is 5. The molecule has 0 aliphatic carbocycles. The minimum absolute atomic E-state index is 0.121. The molecule has 2 amide bonds. The van der Waals surface area contributed by atoms with E-state index < -0.39 is 5.76 Å². The van der Waals surface area contributed by atoms with Gasteiger partial charge in [-0.3, -0.25) is 18.8 Å². The molecule has 31 heavy (non-hydrogen) atoms. The summed E-state index contributed by atoms with van der Waals surface area (Å²) < 4.78 is 8.16. The lowest BCUT2D eigenvalue weighted by Gasteiger charge is -2.09. The Bertz CT molecular complexity index is 1260. The fourth-order valence-electron chi connectivity index (χ4n) is 3.23. The predicted octanol–water partition coefficient (Wildman–Crippen LogP) is 2.14. The van der Waals surface area contributed by atoms with Crippen molar-refractivity contribution in [3.63, 3.8) is 0 Å². The van der Waals surface area contributed by atoms with Crippen LogP contribution in [0.25, 0.3) is 11.1 Å². The van der Waals surface area contributed by atoms with Gasteiger partial charge in [0.15, 0.2) is 5.58 Å². The highest BCUT2D eigenvalue weighted by Crippen LogP contribution is 2.13. The number of nitrogens with one attached hydrogen (secondary N) is 2. The summed E-state index contributed by atoms with van der Waals surface area (Å²) in [6.07, 6.45) is 3.47. The van der Waals surface area contributed by atoms with Gasteiger partial charge in [0, 0.05) is 37.6 Å². The Kier molecular flexibility index (Phi) is 5.93. The van der Waals surface area contributed by atoms with Crippen molar-refractivity contribution in [2.75, 3.05) is 5.32 Å². The lowest BCUT2D eigenvalue weighted by atomic mass is 10.2. The number of fused-ring (bicyclic) bond motifs is 1. The number of aromatic nitrogens is 3. The van der Waals surface area contributed by atoms with Crippen LogP contribution in [0.3, 0.4) is 0 Å². The second kappa shape index (κ2) is 9.12. The molecule has 2 aromatic carbocycles. The molecule has 2 N–H and O–H groups in total. The first-order chi connectivity index (χ1) is 15.1. The number of benzene rings is 2. The van der Waals surface area contributed by atoms with Gasteiger partial charge in [-0.05, 0) is 35.9 Å². The average Bonchev–Trinajstić information content (AvgIpc) is 3.37. The fourth-order valence-corrected chi connectivity index (χ4v) is 3.23. The van der Waals surface area contributed by atoms with E-state index in [4.69, 9.17) is 4.42 Å². The van der Waals surface area contributed by atoms with Crippen LogP contribution in [0.15, 0.2) is 76.2 Å². The molecule has 0 bridgehead atoms. The van der Waals surface area contributed by atoms with E-state index in [1.807, 2.05) is 18.2 Å². The molecule has 158 valence electrons. The maximum atomic E-state index is 12.3. The van der Waals surface area contributed by atoms with E-state index in [0.717, 1.165) is 5.56 Å². The highest BCUT2D eigenvalue weighted by atomic mass is 16.4. The van der Waals surface area contributed by atoms with Crippen LogP contribution in [0.4, 0.5) is 5.69 Å². The van der Waals surface area contributed by atoms with E-state index in [1.54, 1.807) is 48.8 Å². The van der Waals surface area contributed by atoms with Crippen molar-refractivity contribution < 1.29 is 14.0 Å². The fraction of sp³-hybridized carbons (Fsp3) is 0.182. The first-order valence-corrected chi connectivity index (χ1v) is 9.80. The number of amides is 2. The van der Waals surface area contributed by atoms with Crippen molar-refractivity contribution in [2.24, 2.45) is 0 Å². The van der Waals surface area contributed by atoms with Gasteiger partial charge in [-0.1, -0.05) is 24.3 Å². The lowest BCUT2D eigenvalue weighted by molar-refractivity contribution is -0.121. The monoisotopic (exact) mass is 419 g/mol. The molecule has 0 atom stereocenters. The Labute approximate surface area is 177 Å². The van der Waals surface area contributed by atoms with Crippen LogP contribution in [-0.2, 0) is 29.2 Å². The zero-order chi connectivity index (χ0) is 21.6. The van der Waals surface area contributed by atoms with E-state index in [9.17, 15) is 14.4 Å². The molecule has 0 spiro atoms. The van der Waals surface area contributed by atoms with Crippen LogP contribution >= 0.6 is 0 Å². The lowest BCUT2D eigenvalue weighted by Crippen LogP contribution is -2.26. The Hall–Kier alpha value is -4.14. The van der Waals surface area contributed by atoms with E-state index in [-0.39, 0.29) is 31.3 Å². The van der Waals surface area contributed by atoms with Crippen molar-refractivity contribution in [3.05, 3.63) is 83.1 Å². The van der Waals surface area contributed by atoms with Gasteiger partial charge in [0.25, 0.3) is 0 Å². The number of nitrogens with zero attached hydrogens (tertiary/aromatic N) is 3. The summed E-state index contributed by atoms with van der Waals surface area (Å²) in [5.74, 6) is -0.861. The topological polar surface area (TPSA) is 111 Å². The minimum Gasteiger partial charge on any atom is -0.408 e. The van der Waals surface area contributed by atoms with Crippen LogP contribution in [0.5, 0.6) is 0 Å². The molecule has 0 aliphatic rings. The third kappa shape index (κ3) is 5.08. The number of oxazole rings is 1. The van der Waals surface area contributed by atoms with Crippen LogP contribution in [0.1, 0.15) is 12.0 Å². The van der Waals surface area contributed by atoms with Crippen molar-refractivity contribution >= 4 is 28.6 Å². The summed E-state index contributed by atoms with van der Waals surface area (Å²) in [4.78, 5) is 36.3. The van der Waals surface area contributed by atoms with Gasteiger partial charge in [-0.2, -0.15) is 5.10 Å². The summed E-state index contributed by atoms with van der Waals surface area (Å²) in [6.45, 7) is 0.657. The quantitative estimate of drug-likeness (QED) is 0.455. The van der Waals surface area contributed by atoms with Gasteiger partial charge < -0.3 is 15.1 Å². The molecule has 0 saturated heterocycles. The largest absolute Gasteiger partial charge is 0.419 e. The Morgan fingerprint density at radius 3 is 2.74 bits per heavy atom. The summed E-state index contributed by atoms with van der Waals surface area (Å²) in [5.41, 5.74) is 2.65. The van der Waals surface area contributed by atoms with Gasteiger partial charge in [0.05, 0.1) is 5.52 Å². The van der Waals surface area contributed by atoms with E-state index >= 15 is 0 Å². The SMILES string of the molecule is O=C(CCn1c(=O)oc2ccccc21)NCc1cccc(NC(=O)Cn2cccn2)c1. The van der Waals surface area contributed by atoms with Crippen LogP contribution in [0, 0.1) is 0 Å². The highest BCUT2D eigenvalue weighted by molar-refractivity contribution is 5.90. The van der Waals surface area contributed by atoms with E-state index in [2.05, 4.69) is 15.7 Å². The zero-order valence-electron chi connectivity index (χ0n) is 16.7. The summed E-state index contributed by atoms with van der Waals surface area (Å²) in [7, 11) is 0. The van der Waals surface area contributed by atoms with Crippen LogP contribution < -0.4 is 16.4 Å². The van der Waals surface area contributed by atoms with Gasteiger partial charge in [-0.15, -0.1) is 0 Å². The summed E-state index contributed by atoms with van der Waals surface area (Å²) in [5, 5.41) is 9.65. The summed E-state index contributed by atoms with van der Waals surface area (Å²) >= 11 is 0. The van der Waals surface area contributed by atoms with Crippen molar-refractivity contribution in [1.82, 2.24) is 19.7 Å². The number of carbonyl (C=O) groups is 2. The van der Waals surface area contributed by atoms with Gasteiger partial charge >= 0.3 is 5.76 Å². The zero-order valence-corrected chi connectivity index (χ0v) is 16.7. The molecule has 4 aromatic rings. The molecule has 0 saturated carbocycles. The maximum absolute atomic E-state index is 12.3. The number of rotatable bonds is 8. The van der Waals surface area contributed by atoms with Crippen LogP contribution in [0.2, 0.25) is 0 Å². The molecule has 0 fully saturated rings. The van der Waals surface area contributed by atoms with Crippen molar-refractivity contribution in [3.8, 4) is 0 Å². The molecular formula is C22H21N5O4. The smallest absolute Gasteiger partial charge is 0.408 e. The number of carbonyl (C=O) groups excluding carboxylic acids is 2. The Balaban J connectivity index is 1.29. The molecule has 0 radical (unpaired) electrons. The molecule has 0 aliphatic heterocycles. The van der Waals surface area contributed by atoms with Gasteiger partial charge in [-0.25, -0.2) is 4.79 Å². The molecular weight excluding hydrogens is 398 g/mol. The number of para-hydroxylation sites is 2. The molecule has 0 unspecified atom stereocenters. The van der Waals surface area contributed by atoms with E-state index in [0.29, 0.717) is 23.3 Å².